The molecule has 10 heteroatoms. The Morgan fingerprint density at radius 1 is 1.16 bits per heavy atom. The van der Waals surface area contributed by atoms with E-state index >= 15 is 0 Å². The van der Waals surface area contributed by atoms with Crippen molar-refractivity contribution >= 4 is 39.1 Å². The zero-order valence-electron chi connectivity index (χ0n) is 21.9. The zero-order chi connectivity index (χ0) is 27.2. The van der Waals surface area contributed by atoms with E-state index in [1.807, 2.05) is 19.9 Å². The molecule has 0 saturated heterocycles. The molecular formula is C27H36ClN3O5S. The molecule has 2 amide bonds. The first-order valence-electron chi connectivity index (χ1n) is 12.5. The van der Waals surface area contributed by atoms with Crippen molar-refractivity contribution < 1.29 is 22.7 Å². The predicted molar refractivity (Wildman–Crippen MR) is 146 cm³/mol. The van der Waals surface area contributed by atoms with Crippen LogP contribution >= 0.6 is 11.6 Å². The molecule has 3 rings (SSSR count). The number of halogens is 1. The van der Waals surface area contributed by atoms with Crippen LogP contribution < -0.4 is 14.4 Å². The van der Waals surface area contributed by atoms with Crippen molar-refractivity contribution in [3.05, 3.63) is 58.6 Å². The number of nitrogens with one attached hydrogen (secondary N) is 1. The fourth-order valence-corrected chi connectivity index (χ4v) is 5.73. The lowest BCUT2D eigenvalue weighted by atomic mass is 10.1. The third-order valence-corrected chi connectivity index (χ3v) is 8.16. The fourth-order valence-electron chi connectivity index (χ4n) is 4.69. The summed E-state index contributed by atoms with van der Waals surface area (Å²) in [6.45, 7) is 3.24. The van der Waals surface area contributed by atoms with E-state index in [9.17, 15) is 18.0 Å². The molecule has 0 aliphatic heterocycles. The van der Waals surface area contributed by atoms with E-state index in [4.69, 9.17) is 16.3 Å². The van der Waals surface area contributed by atoms with Gasteiger partial charge in [0.15, 0.2) is 0 Å². The Kier molecular flexibility index (Phi) is 9.84. The molecule has 0 spiro atoms. The Balaban J connectivity index is 1.98. The van der Waals surface area contributed by atoms with Crippen LogP contribution in [0.4, 0.5) is 5.69 Å². The van der Waals surface area contributed by atoms with Gasteiger partial charge in [0.05, 0.1) is 19.1 Å². The fraction of sp³-hybridized carbons (Fsp3) is 0.481. The number of hydrogen-bond donors (Lipinski definition) is 1. The van der Waals surface area contributed by atoms with Crippen LogP contribution in [0.2, 0.25) is 5.02 Å². The minimum absolute atomic E-state index is 0.0671. The molecule has 0 radical (unpaired) electrons. The molecule has 1 atom stereocenters. The summed E-state index contributed by atoms with van der Waals surface area (Å²) in [4.78, 5) is 28.7. The quantitative estimate of drug-likeness (QED) is 0.451. The molecule has 1 fully saturated rings. The van der Waals surface area contributed by atoms with Gasteiger partial charge in [0.1, 0.15) is 18.3 Å². The van der Waals surface area contributed by atoms with E-state index < -0.39 is 28.5 Å². The second kappa shape index (κ2) is 12.6. The van der Waals surface area contributed by atoms with Gasteiger partial charge in [-0.2, -0.15) is 0 Å². The van der Waals surface area contributed by atoms with Crippen molar-refractivity contribution in [1.29, 1.82) is 0 Å². The summed E-state index contributed by atoms with van der Waals surface area (Å²) in [7, 11) is -2.42. The number of nitrogens with zero attached hydrogens (tertiary/aromatic N) is 2. The van der Waals surface area contributed by atoms with E-state index in [0.29, 0.717) is 22.8 Å². The third kappa shape index (κ3) is 7.38. The van der Waals surface area contributed by atoms with Gasteiger partial charge in [-0.1, -0.05) is 55.6 Å². The van der Waals surface area contributed by atoms with E-state index in [-0.39, 0.29) is 24.2 Å². The molecule has 1 saturated carbocycles. The molecule has 8 nitrogen and oxygen atoms in total. The number of benzene rings is 2. The number of sulfonamides is 1. The maximum atomic E-state index is 13.9. The Morgan fingerprint density at radius 2 is 1.84 bits per heavy atom. The highest BCUT2D eigenvalue weighted by atomic mass is 35.5. The molecule has 0 bridgehead atoms. The Labute approximate surface area is 225 Å². The van der Waals surface area contributed by atoms with Crippen LogP contribution in [-0.2, 0) is 26.2 Å². The third-order valence-electron chi connectivity index (χ3n) is 6.67. The zero-order valence-corrected chi connectivity index (χ0v) is 23.4. The lowest BCUT2D eigenvalue weighted by molar-refractivity contribution is -0.140. The molecule has 2 aromatic carbocycles. The molecule has 0 aromatic heterocycles. The molecule has 2 aromatic rings. The van der Waals surface area contributed by atoms with Gasteiger partial charge in [-0.05, 0) is 55.5 Å². The average Bonchev–Trinajstić information content (AvgIpc) is 3.35. The van der Waals surface area contributed by atoms with Crippen LogP contribution in [0.25, 0.3) is 0 Å². The van der Waals surface area contributed by atoms with Gasteiger partial charge in [-0.25, -0.2) is 8.42 Å². The first-order valence-corrected chi connectivity index (χ1v) is 14.7. The number of carbonyl (C=O) groups is 2. The van der Waals surface area contributed by atoms with Crippen LogP contribution in [-0.4, -0.2) is 57.1 Å². The number of hydrogen-bond acceptors (Lipinski definition) is 5. The van der Waals surface area contributed by atoms with E-state index in [1.165, 1.54) is 12.0 Å². The molecule has 1 aliphatic rings. The van der Waals surface area contributed by atoms with Crippen LogP contribution in [0.1, 0.15) is 50.2 Å². The number of rotatable bonds is 11. The van der Waals surface area contributed by atoms with Crippen LogP contribution in [0.15, 0.2) is 42.5 Å². The largest absolute Gasteiger partial charge is 0.495 e. The molecule has 37 heavy (non-hydrogen) atoms. The van der Waals surface area contributed by atoms with E-state index in [0.717, 1.165) is 41.8 Å². The van der Waals surface area contributed by atoms with Crippen molar-refractivity contribution in [3.63, 3.8) is 0 Å². The molecule has 202 valence electrons. The maximum absolute atomic E-state index is 13.9. The van der Waals surface area contributed by atoms with Crippen molar-refractivity contribution in [3.8, 4) is 5.75 Å². The Morgan fingerprint density at radius 3 is 2.43 bits per heavy atom. The summed E-state index contributed by atoms with van der Waals surface area (Å²) in [6, 6.07) is 11.5. The second-order valence-corrected chi connectivity index (χ2v) is 11.8. The molecule has 1 N–H and O–H groups in total. The summed E-state index contributed by atoms with van der Waals surface area (Å²) in [5.41, 5.74) is 1.75. The lowest BCUT2D eigenvalue weighted by Crippen LogP contribution is -2.53. The van der Waals surface area contributed by atoms with Gasteiger partial charge < -0.3 is 15.0 Å². The van der Waals surface area contributed by atoms with Gasteiger partial charge in [0.2, 0.25) is 21.8 Å². The smallest absolute Gasteiger partial charge is 0.244 e. The number of ether oxygens (including phenoxy) is 1. The molecular weight excluding hydrogens is 514 g/mol. The van der Waals surface area contributed by atoms with Gasteiger partial charge in [-0.3, -0.25) is 13.9 Å². The highest BCUT2D eigenvalue weighted by Crippen LogP contribution is 2.31. The molecule has 0 unspecified atom stereocenters. The van der Waals surface area contributed by atoms with Crippen molar-refractivity contribution in [2.45, 2.75) is 64.6 Å². The van der Waals surface area contributed by atoms with Crippen LogP contribution in [0, 0.1) is 6.92 Å². The first-order chi connectivity index (χ1) is 17.5. The number of methoxy groups -OCH3 is 1. The second-order valence-electron chi connectivity index (χ2n) is 9.47. The minimum atomic E-state index is -3.87. The first kappa shape index (κ1) is 28.8. The van der Waals surface area contributed by atoms with Gasteiger partial charge in [0, 0.05) is 17.6 Å². The van der Waals surface area contributed by atoms with E-state index in [1.54, 1.807) is 36.4 Å². The lowest BCUT2D eigenvalue weighted by Gasteiger charge is -2.34. The SMILES string of the molecule is CC[C@@H](C(=O)NC1CCCC1)N(Cc1ccccc1Cl)C(=O)CN(c1cc(C)ccc1OC)S(C)(=O)=O. The number of anilines is 1. The van der Waals surface area contributed by atoms with Gasteiger partial charge >= 0.3 is 0 Å². The highest BCUT2D eigenvalue weighted by Gasteiger charge is 2.34. The van der Waals surface area contributed by atoms with Gasteiger partial charge in [-0.15, -0.1) is 0 Å². The van der Waals surface area contributed by atoms with Crippen molar-refractivity contribution in [2.75, 3.05) is 24.2 Å². The summed E-state index contributed by atoms with van der Waals surface area (Å²) < 4.78 is 32.2. The number of carbonyl (C=O) groups excluding carboxylic acids is 2. The summed E-state index contributed by atoms with van der Waals surface area (Å²) in [6.07, 6.45) is 5.36. The van der Waals surface area contributed by atoms with Crippen molar-refractivity contribution in [2.24, 2.45) is 0 Å². The summed E-state index contributed by atoms with van der Waals surface area (Å²) in [5, 5.41) is 3.55. The minimum Gasteiger partial charge on any atom is -0.495 e. The predicted octanol–water partition coefficient (Wildman–Crippen LogP) is 4.29. The summed E-state index contributed by atoms with van der Waals surface area (Å²) >= 11 is 6.41. The molecule has 0 heterocycles. The van der Waals surface area contributed by atoms with Crippen LogP contribution in [0.3, 0.4) is 0 Å². The molecule has 1 aliphatic carbocycles. The maximum Gasteiger partial charge on any atom is 0.244 e. The normalized spacial score (nSPS) is 14.7. The monoisotopic (exact) mass is 549 g/mol. The van der Waals surface area contributed by atoms with E-state index in [2.05, 4.69) is 5.32 Å². The number of aryl methyl sites for hydroxylation is 1. The van der Waals surface area contributed by atoms with Crippen molar-refractivity contribution in [1.82, 2.24) is 10.2 Å². The highest BCUT2D eigenvalue weighted by molar-refractivity contribution is 7.92. The Bertz CT molecular complexity index is 1210. The summed E-state index contributed by atoms with van der Waals surface area (Å²) in [5.74, 6) is -0.427. The topological polar surface area (TPSA) is 96.0 Å². The standard InChI is InChI=1S/C27H36ClN3O5S/c1-5-23(27(33)29-21-11-7-8-12-21)30(17-20-10-6-9-13-22(20)28)26(32)18-31(37(4,34)35)24-16-19(2)14-15-25(24)36-3/h6,9-10,13-16,21,23H,5,7-8,11-12,17-18H2,1-4H3,(H,29,33)/t23-/m0/s1. The number of amides is 2. The van der Waals surface area contributed by atoms with Gasteiger partial charge in [0.25, 0.3) is 0 Å². The average molecular weight is 550 g/mol. The Hall–Kier alpha value is -2.78. The van der Waals surface area contributed by atoms with Crippen LogP contribution in [0.5, 0.6) is 5.75 Å².